The molecule has 0 aliphatic carbocycles. The van der Waals surface area contributed by atoms with Gasteiger partial charge in [-0.05, 0) is 31.7 Å². The molecule has 1 heterocycles. The molecule has 1 aromatic rings. The van der Waals surface area contributed by atoms with Crippen LogP contribution in [0.3, 0.4) is 0 Å². The lowest BCUT2D eigenvalue weighted by molar-refractivity contribution is 0.115. The number of benzene rings is 1. The molecule has 1 aliphatic rings. The number of methoxy groups -OCH3 is 2. The standard InChI is InChI=1S/C14H22N2O4S/c1-15-9-11-8-13(4-5-14(11)20-3)21(17,18)16-7-6-12(10-16)19-2/h4-5,8,12,15H,6-7,9-10H2,1-3H3. The van der Waals surface area contributed by atoms with Gasteiger partial charge in [-0.1, -0.05) is 0 Å². The van der Waals surface area contributed by atoms with Crippen LogP contribution >= 0.6 is 0 Å². The lowest BCUT2D eigenvalue weighted by Crippen LogP contribution is -2.30. The first-order valence-electron chi connectivity index (χ1n) is 6.87. The van der Waals surface area contributed by atoms with E-state index >= 15 is 0 Å². The van der Waals surface area contributed by atoms with E-state index in [1.165, 1.54) is 4.31 Å². The minimum atomic E-state index is -3.48. The van der Waals surface area contributed by atoms with E-state index in [0.29, 0.717) is 30.3 Å². The molecule has 21 heavy (non-hydrogen) atoms. The summed E-state index contributed by atoms with van der Waals surface area (Å²) >= 11 is 0. The second-order valence-corrected chi connectivity index (χ2v) is 6.95. The average molecular weight is 314 g/mol. The molecule has 1 unspecified atom stereocenters. The number of hydrogen-bond acceptors (Lipinski definition) is 5. The van der Waals surface area contributed by atoms with Crippen LogP contribution in [0.15, 0.2) is 23.1 Å². The summed E-state index contributed by atoms with van der Waals surface area (Å²) in [6.45, 7) is 1.45. The highest BCUT2D eigenvalue weighted by atomic mass is 32.2. The highest BCUT2D eigenvalue weighted by Gasteiger charge is 2.32. The number of ether oxygens (including phenoxy) is 2. The van der Waals surface area contributed by atoms with Crippen LogP contribution in [0.5, 0.6) is 5.75 Å². The summed E-state index contributed by atoms with van der Waals surface area (Å²) in [5.74, 6) is 0.680. The van der Waals surface area contributed by atoms with Gasteiger partial charge in [-0.25, -0.2) is 8.42 Å². The van der Waals surface area contributed by atoms with Gasteiger partial charge in [0.15, 0.2) is 0 Å². The lowest BCUT2D eigenvalue weighted by Gasteiger charge is -2.18. The maximum absolute atomic E-state index is 12.7. The van der Waals surface area contributed by atoms with Gasteiger partial charge in [-0.2, -0.15) is 4.31 Å². The Balaban J connectivity index is 2.30. The van der Waals surface area contributed by atoms with Crippen LogP contribution in [0.1, 0.15) is 12.0 Å². The van der Waals surface area contributed by atoms with Crippen molar-refractivity contribution in [3.05, 3.63) is 23.8 Å². The summed E-state index contributed by atoms with van der Waals surface area (Å²) < 4.78 is 37.3. The van der Waals surface area contributed by atoms with E-state index in [2.05, 4.69) is 5.32 Å². The van der Waals surface area contributed by atoms with Crippen molar-refractivity contribution in [3.8, 4) is 5.75 Å². The molecule has 1 fully saturated rings. The highest BCUT2D eigenvalue weighted by molar-refractivity contribution is 7.89. The van der Waals surface area contributed by atoms with Crippen LogP contribution in [-0.4, -0.2) is 53.2 Å². The molecule has 0 aromatic heterocycles. The van der Waals surface area contributed by atoms with Gasteiger partial charge in [0.05, 0.1) is 18.1 Å². The largest absolute Gasteiger partial charge is 0.496 e. The molecule has 0 saturated carbocycles. The summed E-state index contributed by atoms with van der Waals surface area (Å²) in [6.07, 6.45) is 0.713. The zero-order valence-corrected chi connectivity index (χ0v) is 13.4. The van der Waals surface area contributed by atoms with Crippen molar-refractivity contribution >= 4 is 10.0 Å². The van der Waals surface area contributed by atoms with Gasteiger partial charge in [0, 0.05) is 32.3 Å². The minimum Gasteiger partial charge on any atom is -0.496 e. The van der Waals surface area contributed by atoms with E-state index in [4.69, 9.17) is 9.47 Å². The van der Waals surface area contributed by atoms with E-state index in [-0.39, 0.29) is 6.10 Å². The van der Waals surface area contributed by atoms with Crippen LogP contribution < -0.4 is 10.1 Å². The summed E-state index contributed by atoms with van der Waals surface area (Å²) in [5.41, 5.74) is 0.823. The predicted octanol–water partition coefficient (Wildman–Crippen LogP) is 0.824. The Kier molecular flexibility index (Phi) is 5.21. The number of sulfonamides is 1. The van der Waals surface area contributed by atoms with Gasteiger partial charge in [-0.15, -0.1) is 0 Å². The molecule has 6 nitrogen and oxygen atoms in total. The second kappa shape index (κ2) is 6.74. The van der Waals surface area contributed by atoms with Gasteiger partial charge < -0.3 is 14.8 Å². The first-order valence-corrected chi connectivity index (χ1v) is 8.31. The third-order valence-corrected chi connectivity index (χ3v) is 5.56. The molecule has 2 rings (SSSR count). The summed E-state index contributed by atoms with van der Waals surface area (Å²) in [5, 5.41) is 3.01. The summed E-state index contributed by atoms with van der Waals surface area (Å²) in [7, 11) is 1.52. The molecule has 0 radical (unpaired) electrons. The smallest absolute Gasteiger partial charge is 0.243 e. The van der Waals surface area contributed by atoms with E-state index in [1.54, 1.807) is 32.4 Å². The zero-order valence-electron chi connectivity index (χ0n) is 12.6. The van der Waals surface area contributed by atoms with Crippen LogP contribution in [0.2, 0.25) is 0 Å². The van der Waals surface area contributed by atoms with Crippen molar-refractivity contribution in [2.45, 2.75) is 24.0 Å². The number of rotatable bonds is 6. The number of nitrogens with one attached hydrogen (secondary N) is 1. The molecule has 7 heteroatoms. The van der Waals surface area contributed by atoms with E-state index in [9.17, 15) is 8.42 Å². The van der Waals surface area contributed by atoms with Crippen molar-refractivity contribution in [2.75, 3.05) is 34.4 Å². The monoisotopic (exact) mass is 314 g/mol. The Hall–Kier alpha value is -1.15. The molecule has 0 spiro atoms. The molecule has 0 bridgehead atoms. The Morgan fingerprint density at radius 3 is 2.71 bits per heavy atom. The van der Waals surface area contributed by atoms with Gasteiger partial charge in [0.1, 0.15) is 5.75 Å². The molecule has 1 N–H and O–H groups in total. The highest BCUT2D eigenvalue weighted by Crippen LogP contribution is 2.27. The van der Waals surface area contributed by atoms with Crippen LogP contribution in [0, 0.1) is 0 Å². The molecule has 1 atom stereocenters. The molecular formula is C14H22N2O4S. The number of nitrogens with zero attached hydrogens (tertiary/aromatic N) is 1. The minimum absolute atomic E-state index is 0.0187. The molecule has 1 aromatic carbocycles. The van der Waals surface area contributed by atoms with Crippen molar-refractivity contribution in [3.63, 3.8) is 0 Å². The Labute approximate surface area is 126 Å². The molecule has 1 saturated heterocycles. The van der Waals surface area contributed by atoms with Gasteiger partial charge >= 0.3 is 0 Å². The quantitative estimate of drug-likeness (QED) is 0.842. The van der Waals surface area contributed by atoms with Crippen molar-refractivity contribution in [2.24, 2.45) is 0 Å². The maximum atomic E-state index is 12.7. The Morgan fingerprint density at radius 1 is 1.38 bits per heavy atom. The molecular weight excluding hydrogens is 292 g/mol. The van der Waals surface area contributed by atoms with E-state index in [0.717, 1.165) is 12.0 Å². The SMILES string of the molecule is CNCc1cc(S(=O)(=O)N2CCC(OC)C2)ccc1OC. The fourth-order valence-electron chi connectivity index (χ4n) is 2.50. The summed E-state index contributed by atoms with van der Waals surface area (Å²) in [4.78, 5) is 0.297. The Morgan fingerprint density at radius 2 is 2.14 bits per heavy atom. The molecule has 118 valence electrons. The third-order valence-electron chi connectivity index (χ3n) is 3.70. The fraction of sp³-hybridized carbons (Fsp3) is 0.571. The molecule has 1 aliphatic heterocycles. The topological polar surface area (TPSA) is 67.9 Å². The normalized spacial score (nSPS) is 19.9. The first-order chi connectivity index (χ1) is 10.0. The van der Waals surface area contributed by atoms with Gasteiger partial charge in [0.2, 0.25) is 10.0 Å². The van der Waals surface area contributed by atoms with Crippen LogP contribution in [0.25, 0.3) is 0 Å². The van der Waals surface area contributed by atoms with Gasteiger partial charge in [-0.3, -0.25) is 0 Å². The van der Waals surface area contributed by atoms with E-state index < -0.39 is 10.0 Å². The van der Waals surface area contributed by atoms with Crippen LogP contribution in [-0.2, 0) is 21.3 Å². The lowest BCUT2D eigenvalue weighted by atomic mass is 10.2. The molecule has 0 amide bonds. The van der Waals surface area contributed by atoms with Crippen molar-refractivity contribution in [1.82, 2.24) is 9.62 Å². The van der Waals surface area contributed by atoms with Crippen molar-refractivity contribution < 1.29 is 17.9 Å². The maximum Gasteiger partial charge on any atom is 0.243 e. The second-order valence-electron chi connectivity index (χ2n) is 5.01. The predicted molar refractivity (Wildman–Crippen MR) is 79.9 cm³/mol. The number of hydrogen-bond donors (Lipinski definition) is 1. The Bertz CT molecular complexity index is 589. The summed E-state index contributed by atoms with van der Waals surface area (Å²) in [6, 6.07) is 4.96. The average Bonchev–Trinajstić information content (AvgIpc) is 2.97. The zero-order chi connectivity index (χ0) is 15.5. The van der Waals surface area contributed by atoms with E-state index in [1.807, 2.05) is 7.05 Å². The van der Waals surface area contributed by atoms with Crippen LogP contribution in [0.4, 0.5) is 0 Å². The van der Waals surface area contributed by atoms with Gasteiger partial charge in [0.25, 0.3) is 0 Å². The van der Waals surface area contributed by atoms with Crippen molar-refractivity contribution in [1.29, 1.82) is 0 Å². The first kappa shape index (κ1) is 16.2. The fourth-order valence-corrected chi connectivity index (χ4v) is 4.04. The third kappa shape index (κ3) is 3.37.